The van der Waals surface area contributed by atoms with E-state index in [1.807, 2.05) is 0 Å². The molecule has 27 heavy (non-hydrogen) atoms. The lowest BCUT2D eigenvalue weighted by Crippen LogP contribution is -2.25. The maximum Gasteiger partial charge on any atom is 0.275 e. The maximum atomic E-state index is 13.8. The summed E-state index contributed by atoms with van der Waals surface area (Å²) in [7, 11) is 0. The van der Waals surface area contributed by atoms with Crippen molar-refractivity contribution in [2.75, 3.05) is 5.32 Å². The normalized spacial score (nSPS) is 11.1. The molecule has 0 aliphatic rings. The number of fused-ring (bicyclic) bond motifs is 3. The Morgan fingerprint density at radius 3 is 2.78 bits per heavy atom. The minimum absolute atomic E-state index is 0.00492. The summed E-state index contributed by atoms with van der Waals surface area (Å²) in [4.78, 5) is 28.8. The first kappa shape index (κ1) is 16.8. The van der Waals surface area contributed by atoms with Crippen molar-refractivity contribution in [1.82, 2.24) is 14.0 Å². The molecule has 0 atom stereocenters. The van der Waals surface area contributed by atoms with E-state index in [1.165, 1.54) is 35.0 Å². The Hall–Kier alpha value is -3.68. The van der Waals surface area contributed by atoms with E-state index in [1.54, 1.807) is 28.8 Å². The number of nitrogens with zero attached hydrogens (tertiary/aromatic N) is 3. The van der Waals surface area contributed by atoms with Crippen LogP contribution in [0, 0.1) is 5.82 Å². The lowest BCUT2D eigenvalue weighted by Gasteiger charge is -2.13. The number of amides is 1. The zero-order valence-electron chi connectivity index (χ0n) is 14.1. The van der Waals surface area contributed by atoms with E-state index in [-0.39, 0.29) is 30.2 Å². The molecule has 0 fully saturated rings. The van der Waals surface area contributed by atoms with E-state index in [0.717, 1.165) is 0 Å². The Labute approximate surface area is 152 Å². The fourth-order valence-electron chi connectivity index (χ4n) is 3.03. The number of hydrogen-bond donors (Lipinski definition) is 2. The van der Waals surface area contributed by atoms with Crippen molar-refractivity contribution in [2.24, 2.45) is 0 Å². The van der Waals surface area contributed by atoms with E-state index in [9.17, 15) is 19.1 Å². The third-order valence-corrected chi connectivity index (χ3v) is 4.28. The van der Waals surface area contributed by atoms with Crippen LogP contribution in [0.5, 0.6) is 5.75 Å². The molecule has 0 aliphatic heterocycles. The molecule has 136 valence electrons. The van der Waals surface area contributed by atoms with E-state index < -0.39 is 5.82 Å². The van der Waals surface area contributed by atoms with Crippen LogP contribution in [0.25, 0.3) is 16.6 Å². The van der Waals surface area contributed by atoms with Crippen molar-refractivity contribution in [1.29, 1.82) is 0 Å². The van der Waals surface area contributed by atoms with Gasteiger partial charge >= 0.3 is 0 Å². The average molecular weight is 366 g/mol. The van der Waals surface area contributed by atoms with Crippen LogP contribution in [-0.4, -0.2) is 25.0 Å². The van der Waals surface area contributed by atoms with Crippen molar-refractivity contribution in [3.8, 4) is 5.75 Å². The minimum Gasteiger partial charge on any atom is -0.506 e. The summed E-state index contributed by atoms with van der Waals surface area (Å²) in [5.41, 5.74) is 1.25. The number of benzene rings is 1. The van der Waals surface area contributed by atoms with Crippen LogP contribution >= 0.6 is 0 Å². The Morgan fingerprint density at radius 1 is 1.15 bits per heavy atom. The molecule has 0 bridgehead atoms. The number of rotatable bonds is 4. The Bertz CT molecular complexity index is 1210. The second-order valence-electron chi connectivity index (χ2n) is 6.05. The van der Waals surface area contributed by atoms with Gasteiger partial charge in [-0.05, 0) is 42.5 Å². The van der Waals surface area contributed by atoms with Crippen LogP contribution in [0.1, 0.15) is 6.42 Å². The van der Waals surface area contributed by atoms with Crippen molar-refractivity contribution in [3.05, 3.63) is 71.0 Å². The molecule has 2 N–H and O–H groups in total. The summed E-state index contributed by atoms with van der Waals surface area (Å²) in [5.74, 6) is -0.517. The molecule has 0 saturated heterocycles. The Kier molecular flexibility index (Phi) is 4.08. The summed E-state index contributed by atoms with van der Waals surface area (Å²) in [6.07, 6.45) is 2.96. The van der Waals surface area contributed by atoms with Crippen molar-refractivity contribution in [3.63, 3.8) is 0 Å². The molecule has 7 nitrogen and oxygen atoms in total. The first-order valence-electron chi connectivity index (χ1n) is 8.27. The van der Waals surface area contributed by atoms with Gasteiger partial charge in [0.25, 0.3) is 5.56 Å². The van der Waals surface area contributed by atoms with Gasteiger partial charge in [0.15, 0.2) is 0 Å². The van der Waals surface area contributed by atoms with E-state index >= 15 is 0 Å². The summed E-state index contributed by atoms with van der Waals surface area (Å²) in [5, 5.41) is 11.8. The molecule has 0 saturated carbocycles. The van der Waals surface area contributed by atoms with Crippen LogP contribution in [0.4, 0.5) is 10.2 Å². The van der Waals surface area contributed by atoms with Gasteiger partial charge in [-0.1, -0.05) is 0 Å². The number of hydrogen-bond acceptors (Lipinski definition) is 4. The average Bonchev–Trinajstić information content (AvgIpc) is 3.13. The molecule has 1 amide bonds. The number of pyridine rings is 1. The molecule has 4 aromatic rings. The maximum absolute atomic E-state index is 13.8. The number of aromatic hydroxyl groups is 1. The van der Waals surface area contributed by atoms with E-state index in [0.29, 0.717) is 22.4 Å². The lowest BCUT2D eigenvalue weighted by molar-refractivity contribution is -0.116. The number of carbonyl (C=O) groups excluding carboxylic acids is 1. The van der Waals surface area contributed by atoms with Crippen molar-refractivity contribution in [2.45, 2.75) is 13.0 Å². The zero-order valence-corrected chi connectivity index (χ0v) is 14.1. The number of carbonyl (C=O) groups is 1. The lowest BCUT2D eigenvalue weighted by atomic mass is 10.2. The Morgan fingerprint density at radius 2 is 2.00 bits per heavy atom. The third-order valence-electron chi connectivity index (χ3n) is 4.28. The number of anilines is 1. The molecule has 1 aromatic carbocycles. The highest BCUT2D eigenvalue weighted by atomic mass is 19.1. The predicted molar refractivity (Wildman–Crippen MR) is 98.3 cm³/mol. The van der Waals surface area contributed by atoms with Crippen LogP contribution in [0.15, 0.2) is 59.7 Å². The molecule has 4 rings (SSSR count). The van der Waals surface area contributed by atoms with Crippen LogP contribution in [0.3, 0.4) is 0 Å². The van der Waals surface area contributed by atoms with Gasteiger partial charge in [0, 0.05) is 19.2 Å². The number of halogens is 1. The molecule has 0 spiro atoms. The largest absolute Gasteiger partial charge is 0.506 e. The Balaban J connectivity index is 1.65. The van der Waals surface area contributed by atoms with Gasteiger partial charge in [-0.2, -0.15) is 0 Å². The molecule has 0 radical (unpaired) electrons. The van der Waals surface area contributed by atoms with Crippen molar-refractivity contribution < 1.29 is 14.3 Å². The van der Waals surface area contributed by atoms with Gasteiger partial charge < -0.3 is 19.4 Å². The number of nitrogens with one attached hydrogen (secondary N) is 1. The highest BCUT2D eigenvalue weighted by Gasteiger charge is 2.13. The van der Waals surface area contributed by atoms with Gasteiger partial charge in [-0.15, -0.1) is 0 Å². The highest BCUT2D eigenvalue weighted by Crippen LogP contribution is 2.17. The van der Waals surface area contributed by atoms with Crippen LogP contribution < -0.4 is 10.9 Å². The standard InChI is InChI=1S/C19H15FN4O3/c20-12-3-5-14-16(10-12)24(19(27)15-2-1-8-23(14)15)9-7-18(26)22-17-6-4-13(25)11-21-17/h1-6,8,10-11,25H,7,9H2,(H,21,22,26). The summed E-state index contributed by atoms with van der Waals surface area (Å²) in [6.45, 7) is 0.0877. The zero-order chi connectivity index (χ0) is 19.0. The molecule has 3 aromatic heterocycles. The molecule has 0 unspecified atom stereocenters. The first-order chi connectivity index (χ1) is 13.0. The summed E-state index contributed by atoms with van der Waals surface area (Å²) in [6, 6.07) is 10.5. The first-order valence-corrected chi connectivity index (χ1v) is 8.27. The monoisotopic (exact) mass is 366 g/mol. The van der Waals surface area contributed by atoms with Gasteiger partial charge in [0.05, 0.1) is 17.2 Å². The molecule has 0 aliphatic carbocycles. The topological polar surface area (TPSA) is 88.6 Å². The van der Waals surface area contributed by atoms with Gasteiger partial charge in [0.1, 0.15) is 22.9 Å². The van der Waals surface area contributed by atoms with E-state index in [4.69, 9.17) is 0 Å². The second-order valence-corrected chi connectivity index (χ2v) is 6.05. The minimum atomic E-state index is -0.458. The molecular formula is C19H15FN4O3. The molecule has 3 heterocycles. The quantitative estimate of drug-likeness (QED) is 0.581. The molecular weight excluding hydrogens is 351 g/mol. The van der Waals surface area contributed by atoms with Crippen LogP contribution in [0.2, 0.25) is 0 Å². The second kappa shape index (κ2) is 6.56. The smallest absolute Gasteiger partial charge is 0.275 e. The SMILES string of the molecule is O=C(CCn1c(=O)c2cccn2c2ccc(F)cc21)Nc1ccc(O)cn1. The summed E-state index contributed by atoms with van der Waals surface area (Å²) >= 11 is 0. The third kappa shape index (κ3) is 3.12. The van der Waals surface area contributed by atoms with Gasteiger partial charge in [-0.3, -0.25) is 9.59 Å². The summed E-state index contributed by atoms with van der Waals surface area (Å²) < 4.78 is 16.9. The molecule has 8 heteroatoms. The van der Waals surface area contributed by atoms with E-state index in [2.05, 4.69) is 10.3 Å². The number of aromatic nitrogens is 3. The predicted octanol–water partition coefficient (Wildman–Crippen LogP) is 2.52. The van der Waals surface area contributed by atoms with Crippen LogP contribution in [-0.2, 0) is 11.3 Å². The fourth-order valence-corrected chi connectivity index (χ4v) is 3.03. The number of aryl methyl sites for hydroxylation is 1. The van der Waals surface area contributed by atoms with Gasteiger partial charge in [-0.25, -0.2) is 9.37 Å². The van der Waals surface area contributed by atoms with Crippen molar-refractivity contribution >= 4 is 28.3 Å². The fraction of sp³-hybridized carbons (Fsp3) is 0.105. The highest BCUT2D eigenvalue weighted by molar-refractivity contribution is 5.89. The van der Waals surface area contributed by atoms with Gasteiger partial charge in [0.2, 0.25) is 5.91 Å².